The SMILES string of the molecule is Cc1cc(Br)cc(C(=O)NC(C)C)c1NC(=O)/C(=C/C(=N)C(F)(F)F)Nc1ncccc1Cl. The number of hydrogen-bond donors (Lipinski definition) is 4. The number of allylic oxidation sites excluding steroid dienone is 1. The first-order chi connectivity index (χ1) is 15.3. The summed E-state index contributed by atoms with van der Waals surface area (Å²) in [4.78, 5) is 29.6. The Balaban J connectivity index is 2.50. The second kappa shape index (κ2) is 10.8. The minimum absolute atomic E-state index is 0.0477. The molecule has 176 valence electrons. The Morgan fingerprint density at radius 3 is 2.48 bits per heavy atom. The summed E-state index contributed by atoms with van der Waals surface area (Å²) in [5, 5.41) is 14.9. The van der Waals surface area contributed by atoms with E-state index >= 15 is 0 Å². The van der Waals surface area contributed by atoms with Crippen LogP contribution in [0.3, 0.4) is 0 Å². The summed E-state index contributed by atoms with van der Waals surface area (Å²) in [5.41, 5.74) is -1.73. The van der Waals surface area contributed by atoms with Crippen LogP contribution in [0, 0.1) is 12.3 Å². The third-order valence-corrected chi connectivity index (χ3v) is 4.82. The van der Waals surface area contributed by atoms with Gasteiger partial charge in [0.2, 0.25) is 0 Å². The normalized spacial score (nSPS) is 11.8. The molecule has 0 saturated carbocycles. The number of benzene rings is 1. The van der Waals surface area contributed by atoms with Gasteiger partial charge in [-0.1, -0.05) is 27.5 Å². The Hall–Kier alpha value is -2.92. The lowest BCUT2D eigenvalue weighted by Crippen LogP contribution is -2.32. The van der Waals surface area contributed by atoms with Crippen LogP contribution >= 0.6 is 27.5 Å². The number of hydrogen-bond acceptors (Lipinski definition) is 5. The van der Waals surface area contributed by atoms with Gasteiger partial charge in [-0.15, -0.1) is 0 Å². The predicted octanol–water partition coefficient (Wildman–Crippen LogP) is 5.46. The van der Waals surface area contributed by atoms with E-state index in [1.165, 1.54) is 24.4 Å². The standard InChI is InChI=1S/C21H20BrClF3N5O2/c1-10(2)29-19(32)13-8-12(22)7-11(3)17(13)31-20(33)15(9-16(27)21(24,25)26)30-18-14(23)5-4-6-28-18/h4-10,27H,1-3H3,(H,28,30)(H,29,32)(H,31,33)/b15-9-,27-16?. The smallest absolute Gasteiger partial charge is 0.350 e. The molecule has 1 heterocycles. The quantitative estimate of drug-likeness (QED) is 0.273. The van der Waals surface area contributed by atoms with E-state index in [-0.39, 0.29) is 28.1 Å². The minimum atomic E-state index is -4.99. The number of aryl methyl sites for hydroxylation is 1. The number of halogens is 5. The van der Waals surface area contributed by atoms with E-state index in [0.29, 0.717) is 16.1 Å². The number of pyridine rings is 1. The fourth-order valence-electron chi connectivity index (χ4n) is 2.60. The van der Waals surface area contributed by atoms with Crippen LogP contribution < -0.4 is 16.0 Å². The number of amides is 2. The van der Waals surface area contributed by atoms with Crippen molar-refractivity contribution in [3.05, 3.63) is 62.9 Å². The molecular formula is C21H20BrClF3N5O2. The molecule has 7 nitrogen and oxygen atoms in total. The molecule has 0 bridgehead atoms. The van der Waals surface area contributed by atoms with Gasteiger partial charge in [0.1, 0.15) is 17.2 Å². The average Bonchev–Trinajstić information content (AvgIpc) is 2.69. The molecule has 12 heteroatoms. The summed E-state index contributed by atoms with van der Waals surface area (Å²) in [5.74, 6) is -1.60. The highest BCUT2D eigenvalue weighted by molar-refractivity contribution is 9.10. The van der Waals surface area contributed by atoms with Gasteiger partial charge in [0, 0.05) is 16.7 Å². The molecule has 0 saturated heterocycles. The lowest BCUT2D eigenvalue weighted by Gasteiger charge is -2.18. The van der Waals surface area contributed by atoms with Gasteiger partial charge in [-0.05, 0) is 56.7 Å². The molecule has 2 aromatic rings. The maximum absolute atomic E-state index is 13.0. The largest absolute Gasteiger partial charge is 0.432 e. The molecule has 0 fully saturated rings. The highest BCUT2D eigenvalue weighted by atomic mass is 79.9. The van der Waals surface area contributed by atoms with E-state index in [2.05, 4.69) is 36.9 Å². The number of nitrogens with zero attached hydrogens (tertiary/aromatic N) is 1. The summed E-state index contributed by atoms with van der Waals surface area (Å²) in [6, 6.07) is 5.83. The molecule has 0 atom stereocenters. The van der Waals surface area contributed by atoms with Crippen molar-refractivity contribution in [1.82, 2.24) is 10.3 Å². The van der Waals surface area contributed by atoms with Crippen LogP contribution in [0.5, 0.6) is 0 Å². The number of carbonyl (C=O) groups excluding carboxylic acids is 2. The molecule has 0 aliphatic carbocycles. The zero-order chi connectivity index (χ0) is 24.9. The van der Waals surface area contributed by atoms with E-state index in [1.807, 2.05) is 0 Å². The monoisotopic (exact) mass is 545 g/mol. The maximum Gasteiger partial charge on any atom is 0.432 e. The molecule has 0 aliphatic heterocycles. The lowest BCUT2D eigenvalue weighted by molar-refractivity contribution is -0.112. The number of anilines is 2. The summed E-state index contributed by atoms with van der Waals surface area (Å²) in [6.45, 7) is 5.13. The van der Waals surface area contributed by atoms with Gasteiger partial charge in [0.25, 0.3) is 11.8 Å². The zero-order valence-corrected chi connectivity index (χ0v) is 20.0. The van der Waals surface area contributed by atoms with Crippen LogP contribution in [0.2, 0.25) is 5.02 Å². The van der Waals surface area contributed by atoms with Gasteiger partial charge in [-0.3, -0.25) is 15.0 Å². The van der Waals surface area contributed by atoms with Crippen molar-refractivity contribution in [2.24, 2.45) is 0 Å². The summed E-state index contributed by atoms with van der Waals surface area (Å²) in [6.07, 6.45) is -3.34. The van der Waals surface area contributed by atoms with E-state index in [9.17, 15) is 22.8 Å². The molecule has 2 amide bonds. The predicted molar refractivity (Wildman–Crippen MR) is 125 cm³/mol. The minimum Gasteiger partial charge on any atom is -0.350 e. The van der Waals surface area contributed by atoms with Gasteiger partial charge < -0.3 is 16.0 Å². The molecule has 0 unspecified atom stereocenters. The fourth-order valence-corrected chi connectivity index (χ4v) is 3.34. The van der Waals surface area contributed by atoms with Gasteiger partial charge in [-0.25, -0.2) is 4.98 Å². The topological polar surface area (TPSA) is 107 Å². The van der Waals surface area contributed by atoms with Gasteiger partial charge in [0.15, 0.2) is 0 Å². The molecule has 0 aliphatic rings. The molecule has 4 N–H and O–H groups in total. The van der Waals surface area contributed by atoms with Crippen LogP contribution in [-0.4, -0.2) is 34.7 Å². The summed E-state index contributed by atoms with van der Waals surface area (Å²) in [7, 11) is 0. The number of rotatable bonds is 7. The van der Waals surface area contributed by atoms with Crippen LogP contribution in [0.4, 0.5) is 24.7 Å². The molecule has 2 rings (SSSR count). The first-order valence-corrected chi connectivity index (χ1v) is 10.6. The second-order valence-electron chi connectivity index (χ2n) is 7.16. The Morgan fingerprint density at radius 1 is 1.24 bits per heavy atom. The van der Waals surface area contributed by atoms with E-state index < -0.39 is 29.4 Å². The molecule has 33 heavy (non-hydrogen) atoms. The number of alkyl halides is 3. The van der Waals surface area contributed by atoms with Crippen molar-refractivity contribution in [2.45, 2.75) is 33.0 Å². The highest BCUT2D eigenvalue weighted by Crippen LogP contribution is 2.28. The number of aromatic nitrogens is 1. The van der Waals surface area contributed by atoms with Crippen LogP contribution in [0.15, 0.2) is 46.7 Å². The third-order valence-electron chi connectivity index (χ3n) is 4.05. The van der Waals surface area contributed by atoms with Crippen molar-refractivity contribution in [3.63, 3.8) is 0 Å². The Morgan fingerprint density at radius 2 is 1.91 bits per heavy atom. The van der Waals surface area contributed by atoms with Gasteiger partial charge >= 0.3 is 6.18 Å². The number of nitrogens with one attached hydrogen (secondary N) is 4. The zero-order valence-electron chi connectivity index (χ0n) is 17.7. The third kappa shape index (κ3) is 7.29. The Labute approximate surface area is 201 Å². The lowest BCUT2D eigenvalue weighted by atomic mass is 10.1. The van der Waals surface area contributed by atoms with Crippen molar-refractivity contribution < 1.29 is 22.8 Å². The van der Waals surface area contributed by atoms with Crippen LogP contribution in [0.25, 0.3) is 0 Å². The first kappa shape index (κ1) is 26.3. The fraction of sp³-hybridized carbons (Fsp3) is 0.238. The molecule has 1 aromatic heterocycles. The molecular weight excluding hydrogens is 527 g/mol. The van der Waals surface area contributed by atoms with Crippen molar-refractivity contribution in [3.8, 4) is 0 Å². The van der Waals surface area contributed by atoms with Crippen molar-refractivity contribution in [2.75, 3.05) is 10.6 Å². The van der Waals surface area contributed by atoms with Gasteiger partial charge in [0.05, 0.1) is 16.3 Å². The van der Waals surface area contributed by atoms with Crippen molar-refractivity contribution in [1.29, 1.82) is 5.41 Å². The Kier molecular flexibility index (Phi) is 8.62. The second-order valence-corrected chi connectivity index (χ2v) is 8.48. The maximum atomic E-state index is 13.0. The first-order valence-electron chi connectivity index (χ1n) is 9.47. The Bertz CT molecular complexity index is 1120. The van der Waals surface area contributed by atoms with Crippen LogP contribution in [0.1, 0.15) is 29.8 Å². The average molecular weight is 547 g/mol. The molecule has 1 aromatic carbocycles. The highest BCUT2D eigenvalue weighted by Gasteiger charge is 2.34. The van der Waals surface area contributed by atoms with E-state index in [4.69, 9.17) is 17.0 Å². The van der Waals surface area contributed by atoms with E-state index in [0.717, 1.165) is 0 Å². The number of carbonyl (C=O) groups is 2. The summed E-state index contributed by atoms with van der Waals surface area (Å²) < 4.78 is 39.5. The van der Waals surface area contributed by atoms with Crippen molar-refractivity contribution >= 4 is 56.6 Å². The van der Waals surface area contributed by atoms with Crippen LogP contribution in [-0.2, 0) is 4.79 Å². The van der Waals surface area contributed by atoms with E-state index in [1.54, 1.807) is 26.8 Å². The molecule has 0 spiro atoms. The molecule has 0 radical (unpaired) electrons. The summed E-state index contributed by atoms with van der Waals surface area (Å²) >= 11 is 9.29. The van der Waals surface area contributed by atoms with Gasteiger partial charge in [-0.2, -0.15) is 13.2 Å².